The van der Waals surface area contributed by atoms with Crippen LogP contribution in [0, 0.1) is 17.8 Å². The molecule has 9 heteroatoms. The van der Waals surface area contributed by atoms with E-state index >= 15 is 0 Å². The second kappa shape index (κ2) is 17.1. The number of aromatic carboxylic acids is 1. The summed E-state index contributed by atoms with van der Waals surface area (Å²) in [4.78, 5) is 28.5. The lowest BCUT2D eigenvalue weighted by molar-refractivity contribution is -0.0838. The molecule has 0 aromatic heterocycles. The molecule has 3 aliphatic rings. The van der Waals surface area contributed by atoms with Gasteiger partial charge in [0.25, 0.3) is 0 Å². The van der Waals surface area contributed by atoms with Crippen LogP contribution in [0.3, 0.4) is 0 Å². The lowest BCUT2D eigenvalue weighted by Crippen LogP contribution is -2.47. The van der Waals surface area contributed by atoms with E-state index in [4.69, 9.17) is 25.8 Å². The van der Waals surface area contributed by atoms with E-state index in [-0.39, 0.29) is 23.7 Å². The SMILES string of the molecule is CC.CCCc1cc(Cl)ccc1C1COc2ccc(C(=O)O)cc2N(CC2CCC2C2CC(CCN(C)C(=O)OC(C)(C)C)CCO2)C1. The Morgan fingerprint density at radius 3 is 2.54 bits per heavy atom. The number of carboxylic acid groups (broad SMARTS) is 1. The maximum atomic E-state index is 12.5. The first-order valence-corrected chi connectivity index (χ1v) is 18.4. The Kier molecular flexibility index (Phi) is 13.5. The first kappa shape index (κ1) is 37.8. The molecule has 2 heterocycles. The van der Waals surface area contributed by atoms with Gasteiger partial charge in [0.1, 0.15) is 11.4 Å². The van der Waals surface area contributed by atoms with Crippen molar-refractivity contribution in [2.24, 2.45) is 17.8 Å². The fraction of sp³-hybridized carbons (Fsp3) is 0.641. The van der Waals surface area contributed by atoms with Gasteiger partial charge in [0, 0.05) is 44.2 Å². The van der Waals surface area contributed by atoms with Crippen molar-refractivity contribution in [1.29, 1.82) is 0 Å². The van der Waals surface area contributed by atoms with Gasteiger partial charge in [0.05, 0.1) is 24.0 Å². The predicted molar refractivity (Wildman–Crippen MR) is 193 cm³/mol. The van der Waals surface area contributed by atoms with Gasteiger partial charge in [-0.15, -0.1) is 0 Å². The standard InChI is InChI=1S/C37H51ClN2O6.C2H6/c1-6-7-25-19-29(38)10-12-30(25)28-22-40(32-20-26(35(41)42)9-13-33(32)45-23-28)21-27-8-11-31(27)34-18-24(15-17-44-34)14-16-39(5)36(43)46-37(2,3)4;1-2/h9-10,12-13,19-20,24,27-28,31,34H,6-8,11,14-18,21-23H2,1-5H3,(H,41,42);1-2H3. The van der Waals surface area contributed by atoms with Gasteiger partial charge in [0.15, 0.2) is 0 Å². The number of hydrogen-bond acceptors (Lipinski definition) is 6. The molecule has 1 saturated carbocycles. The van der Waals surface area contributed by atoms with Gasteiger partial charge >= 0.3 is 12.1 Å². The molecule has 0 spiro atoms. The number of hydrogen-bond donors (Lipinski definition) is 1. The van der Waals surface area contributed by atoms with E-state index in [0.717, 1.165) is 81.1 Å². The van der Waals surface area contributed by atoms with E-state index in [9.17, 15) is 14.7 Å². The van der Waals surface area contributed by atoms with Crippen LogP contribution in [0.25, 0.3) is 0 Å². The van der Waals surface area contributed by atoms with Gasteiger partial charge in [-0.1, -0.05) is 44.9 Å². The molecule has 1 aliphatic carbocycles. The van der Waals surface area contributed by atoms with Crippen LogP contribution in [0.1, 0.15) is 107 Å². The Balaban J connectivity index is 0.00000255. The van der Waals surface area contributed by atoms with E-state index in [1.165, 1.54) is 11.1 Å². The third-order valence-corrected chi connectivity index (χ3v) is 10.1. The van der Waals surface area contributed by atoms with Crippen LogP contribution in [0.5, 0.6) is 5.75 Å². The lowest BCUT2D eigenvalue weighted by atomic mass is 9.67. The van der Waals surface area contributed by atoms with Gasteiger partial charge in [-0.2, -0.15) is 0 Å². The van der Waals surface area contributed by atoms with Crippen molar-refractivity contribution >= 4 is 29.4 Å². The van der Waals surface area contributed by atoms with Crippen LogP contribution in [0.2, 0.25) is 5.02 Å². The van der Waals surface area contributed by atoms with E-state index in [1.807, 2.05) is 53.8 Å². The van der Waals surface area contributed by atoms with Crippen molar-refractivity contribution < 1.29 is 28.9 Å². The fourth-order valence-electron chi connectivity index (χ4n) is 7.31. The maximum Gasteiger partial charge on any atom is 0.410 e. The number of amides is 1. The monoisotopic (exact) mass is 684 g/mol. The number of ether oxygens (including phenoxy) is 3. The molecule has 1 amide bonds. The zero-order valence-corrected chi connectivity index (χ0v) is 30.9. The number of aryl methyl sites for hydroxylation is 1. The molecular weight excluding hydrogens is 628 g/mol. The summed E-state index contributed by atoms with van der Waals surface area (Å²) < 4.78 is 18.3. The topological polar surface area (TPSA) is 88.5 Å². The van der Waals surface area contributed by atoms with Crippen molar-refractivity contribution in [3.05, 3.63) is 58.1 Å². The van der Waals surface area contributed by atoms with Crippen LogP contribution < -0.4 is 9.64 Å². The quantitative estimate of drug-likeness (QED) is 0.267. The largest absolute Gasteiger partial charge is 0.491 e. The summed E-state index contributed by atoms with van der Waals surface area (Å²) in [5.41, 5.74) is 3.12. The molecule has 5 unspecified atom stereocenters. The highest BCUT2D eigenvalue weighted by Gasteiger charge is 2.41. The van der Waals surface area contributed by atoms with E-state index in [2.05, 4.69) is 24.0 Å². The third-order valence-electron chi connectivity index (χ3n) is 9.90. The molecule has 8 nitrogen and oxygen atoms in total. The zero-order valence-electron chi connectivity index (χ0n) is 30.1. The molecule has 48 heavy (non-hydrogen) atoms. The van der Waals surface area contributed by atoms with Gasteiger partial charge in [0.2, 0.25) is 0 Å². The molecule has 0 bridgehead atoms. The van der Waals surface area contributed by atoms with Crippen LogP contribution in [-0.4, -0.2) is 73.7 Å². The Bertz CT molecular complexity index is 1380. The van der Waals surface area contributed by atoms with Gasteiger partial charge in [-0.25, -0.2) is 9.59 Å². The number of carbonyl (C=O) groups excluding carboxylic acids is 1. The predicted octanol–water partition coefficient (Wildman–Crippen LogP) is 9.08. The Morgan fingerprint density at radius 1 is 1.10 bits per heavy atom. The van der Waals surface area contributed by atoms with Gasteiger partial charge < -0.3 is 29.1 Å². The summed E-state index contributed by atoms with van der Waals surface area (Å²) in [5, 5.41) is 10.6. The third kappa shape index (κ3) is 9.81. The van der Waals surface area contributed by atoms with E-state index < -0.39 is 11.6 Å². The molecule has 1 N–H and O–H groups in total. The Labute approximate surface area is 293 Å². The second-order valence-corrected chi connectivity index (χ2v) is 14.9. The molecule has 266 valence electrons. The zero-order chi connectivity index (χ0) is 35.0. The van der Waals surface area contributed by atoms with Crippen molar-refractivity contribution in [2.75, 3.05) is 44.8 Å². The number of carboxylic acids is 1. The Morgan fingerprint density at radius 2 is 1.88 bits per heavy atom. The average Bonchev–Trinajstić information content (AvgIpc) is 3.21. The van der Waals surface area contributed by atoms with Crippen LogP contribution in [0.4, 0.5) is 10.5 Å². The molecule has 5 atom stereocenters. The highest BCUT2D eigenvalue weighted by molar-refractivity contribution is 6.30. The first-order chi connectivity index (χ1) is 22.9. The average molecular weight is 685 g/mol. The minimum absolute atomic E-state index is 0.121. The van der Waals surface area contributed by atoms with E-state index in [0.29, 0.717) is 30.9 Å². The summed E-state index contributed by atoms with van der Waals surface area (Å²) in [7, 11) is 1.81. The number of benzene rings is 2. The first-order valence-electron chi connectivity index (χ1n) is 18.0. The van der Waals surface area contributed by atoms with Crippen LogP contribution >= 0.6 is 11.6 Å². The number of fused-ring (bicyclic) bond motifs is 1. The molecule has 2 aromatic carbocycles. The van der Waals surface area contributed by atoms with Gasteiger partial charge in [-0.3, -0.25) is 0 Å². The molecule has 0 radical (unpaired) electrons. The fourth-order valence-corrected chi connectivity index (χ4v) is 7.50. The summed E-state index contributed by atoms with van der Waals surface area (Å²) in [5.74, 6) is 1.31. The number of halogens is 1. The summed E-state index contributed by atoms with van der Waals surface area (Å²) in [6.45, 7) is 15.3. The van der Waals surface area contributed by atoms with E-state index in [1.54, 1.807) is 17.0 Å². The van der Waals surface area contributed by atoms with Crippen molar-refractivity contribution in [2.45, 2.75) is 104 Å². The molecule has 1 saturated heterocycles. The summed E-state index contributed by atoms with van der Waals surface area (Å²) in [6, 6.07) is 11.4. The van der Waals surface area contributed by atoms with Gasteiger partial charge in [-0.05, 0) is 119 Å². The summed E-state index contributed by atoms with van der Waals surface area (Å²) >= 11 is 6.41. The highest BCUT2D eigenvalue weighted by Crippen LogP contribution is 2.45. The number of anilines is 1. The number of carbonyl (C=O) groups is 2. The minimum atomic E-state index is -0.938. The molecule has 2 aliphatic heterocycles. The highest BCUT2D eigenvalue weighted by atomic mass is 35.5. The van der Waals surface area contributed by atoms with Crippen molar-refractivity contribution in [3.63, 3.8) is 0 Å². The second-order valence-electron chi connectivity index (χ2n) is 14.5. The van der Waals surface area contributed by atoms with Crippen LogP contribution in [-0.2, 0) is 15.9 Å². The summed E-state index contributed by atoms with van der Waals surface area (Å²) in [6.07, 6.45) is 7.08. The van der Waals surface area contributed by atoms with Crippen molar-refractivity contribution in [1.82, 2.24) is 4.90 Å². The molecule has 5 rings (SSSR count). The smallest absolute Gasteiger partial charge is 0.410 e. The van der Waals surface area contributed by atoms with Crippen LogP contribution in [0.15, 0.2) is 36.4 Å². The maximum absolute atomic E-state index is 12.5. The number of rotatable bonds is 10. The normalized spacial score (nSPS) is 23.8. The Hall–Kier alpha value is -2.97. The molecule has 2 fully saturated rings. The molecular formula is C39H57ClN2O6. The molecule has 2 aromatic rings. The number of nitrogens with zero attached hydrogens (tertiary/aromatic N) is 2. The minimum Gasteiger partial charge on any atom is -0.491 e. The lowest BCUT2D eigenvalue weighted by Gasteiger charge is -2.46. The van der Waals surface area contributed by atoms with Crippen molar-refractivity contribution in [3.8, 4) is 5.75 Å².